The van der Waals surface area contributed by atoms with E-state index >= 15 is 0 Å². The first-order chi connectivity index (χ1) is 9.41. The highest BCUT2D eigenvalue weighted by molar-refractivity contribution is 7.88. The van der Waals surface area contributed by atoms with Gasteiger partial charge in [-0.3, -0.25) is 0 Å². The lowest BCUT2D eigenvalue weighted by atomic mass is 10.1. The van der Waals surface area contributed by atoms with Crippen molar-refractivity contribution >= 4 is 15.7 Å². The highest BCUT2D eigenvalue weighted by Crippen LogP contribution is 2.22. The van der Waals surface area contributed by atoms with Crippen LogP contribution in [0.2, 0.25) is 0 Å². The monoisotopic (exact) mass is 297 g/mol. The number of nitrogens with one attached hydrogen (secondary N) is 1. The molecule has 7 heteroatoms. The van der Waals surface area contributed by atoms with Crippen molar-refractivity contribution in [2.45, 2.75) is 18.9 Å². The van der Waals surface area contributed by atoms with Gasteiger partial charge >= 0.3 is 0 Å². The van der Waals surface area contributed by atoms with Gasteiger partial charge in [-0.1, -0.05) is 6.07 Å². The largest absolute Gasteiger partial charge is 0.381 e. The lowest BCUT2D eigenvalue weighted by Crippen LogP contribution is -2.41. The van der Waals surface area contributed by atoms with Crippen molar-refractivity contribution in [3.8, 4) is 6.07 Å². The van der Waals surface area contributed by atoms with Crippen molar-refractivity contribution in [3.05, 3.63) is 29.6 Å². The molecule has 1 fully saturated rings. The number of nitrogens with zero attached hydrogens (tertiary/aromatic N) is 2. The lowest BCUT2D eigenvalue weighted by molar-refractivity contribution is 0.332. The van der Waals surface area contributed by atoms with E-state index in [0.717, 1.165) is 0 Å². The van der Waals surface area contributed by atoms with Crippen molar-refractivity contribution in [2.24, 2.45) is 0 Å². The van der Waals surface area contributed by atoms with Crippen molar-refractivity contribution in [2.75, 3.05) is 24.7 Å². The van der Waals surface area contributed by atoms with E-state index in [4.69, 9.17) is 5.26 Å². The summed E-state index contributed by atoms with van der Waals surface area (Å²) in [6.07, 6.45) is 2.46. The van der Waals surface area contributed by atoms with E-state index in [0.29, 0.717) is 31.6 Å². The second-order valence-corrected chi connectivity index (χ2v) is 6.84. The lowest BCUT2D eigenvalue weighted by Gasteiger charge is -2.31. The summed E-state index contributed by atoms with van der Waals surface area (Å²) in [5.41, 5.74) is 0.461. The molecule has 1 N–H and O–H groups in total. The molecule has 1 aliphatic rings. The SMILES string of the molecule is CS(=O)(=O)N1CCC(Nc2cccc(F)c2C#N)CC1. The zero-order valence-electron chi connectivity index (χ0n) is 11.1. The average Bonchev–Trinajstić information content (AvgIpc) is 2.38. The van der Waals surface area contributed by atoms with Crippen molar-refractivity contribution in [1.82, 2.24) is 4.31 Å². The van der Waals surface area contributed by atoms with Crippen LogP contribution in [0.5, 0.6) is 0 Å². The molecule has 1 aromatic carbocycles. The number of nitriles is 1. The van der Waals surface area contributed by atoms with Crippen LogP contribution in [-0.4, -0.2) is 38.1 Å². The quantitative estimate of drug-likeness (QED) is 0.918. The Morgan fingerprint density at radius 2 is 2.05 bits per heavy atom. The molecule has 1 heterocycles. The van der Waals surface area contributed by atoms with Gasteiger partial charge in [-0.05, 0) is 25.0 Å². The van der Waals surface area contributed by atoms with E-state index in [2.05, 4.69) is 5.32 Å². The minimum atomic E-state index is -3.15. The van der Waals surface area contributed by atoms with Crippen molar-refractivity contribution < 1.29 is 12.8 Å². The van der Waals surface area contributed by atoms with Crippen LogP contribution in [0.1, 0.15) is 18.4 Å². The molecule has 0 atom stereocenters. The summed E-state index contributed by atoms with van der Waals surface area (Å²) in [5, 5.41) is 12.1. The summed E-state index contributed by atoms with van der Waals surface area (Å²) in [6, 6.07) is 6.34. The summed E-state index contributed by atoms with van der Waals surface area (Å²) in [7, 11) is -3.15. The van der Waals surface area contributed by atoms with Gasteiger partial charge in [0.15, 0.2) is 0 Å². The molecule has 0 aliphatic carbocycles. The Labute approximate surface area is 118 Å². The first-order valence-electron chi connectivity index (χ1n) is 6.32. The Balaban J connectivity index is 2.04. The number of rotatable bonds is 3. The molecule has 5 nitrogen and oxygen atoms in total. The Kier molecular flexibility index (Phi) is 4.26. The molecular weight excluding hydrogens is 281 g/mol. The standard InChI is InChI=1S/C13H16FN3O2S/c1-20(18,19)17-7-5-10(6-8-17)16-13-4-2-3-12(14)11(13)9-15/h2-4,10,16H,5-8H2,1H3. The maximum atomic E-state index is 13.5. The molecule has 0 amide bonds. The fraction of sp³-hybridized carbons (Fsp3) is 0.462. The zero-order chi connectivity index (χ0) is 14.8. The molecule has 1 saturated heterocycles. The molecule has 108 valence electrons. The summed E-state index contributed by atoms with van der Waals surface area (Å²) >= 11 is 0. The summed E-state index contributed by atoms with van der Waals surface area (Å²) in [4.78, 5) is 0. The first kappa shape index (κ1) is 14.8. The van der Waals surface area contributed by atoms with Crippen LogP contribution in [0, 0.1) is 17.1 Å². The van der Waals surface area contributed by atoms with E-state index in [1.54, 1.807) is 12.1 Å². The molecule has 0 unspecified atom stereocenters. The van der Waals surface area contributed by atoms with Gasteiger partial charge in [0.25, 0.3) is 0 Å². The highest BCUT2D eigenvalue weighted by Gasteiger charge is 2.25. The molecular formula is C13H16FN3O2S. The number of benzene rings is 1. The second kappa shape index (κ2) is 5.77. The van der Waals surface area contributed by atoms with Crippen LogP contribution >= 0.6 is 0 Å². The molecule has 0 aromatic heterocycles. The number of hydrogen-bond acceptors (Lipinski definition) is 4. The number of halogens is 1. The average molecular weight is 297 g/mol. The second-order valence-electron chi connectivity index (χ2n) is 4.85. The van der Waals surface area contributed by atoms with Gasteiger partial charge in [0.05, 0.1) is 11.9 Å². The number of piperidine rings is 1. The Bertz CT molecular complexity index is 632. The third kappa shape index (κ3) is 3.26. The smallest absolute Gasteiger partial charge is 0.211 e. The van der Waals surface area contributed by atoms with Gasteiger partial charge in [0, 0.05) is 19.1 Å². The minimum Gasteiger partial charge on any atom is -0.381 e. The van der Waals surface area contributed by atoms with Gasteiger partial charge in [-0.25, -0.2) is 17.1 Å². The molecule has 0 bridgehead atoms. The Hall–Kier alpha value is -1.65. The molecule has 1 aliphatic heterocycles. The van der Waals surface area contributed by atoms with Crippen LogP contribution in [0.25, 0.3) is 0 Å². The Morgan fingerprint density at radius 3 is 2.60 bits per heavy atom. The normalized spacial score (nSPS) is 17.6. The number of sulfonamides is 1. The fourth-order valence-corrected chi connectivity index (χ4v) is 3.18. The van der Waals surface area contributed by atoms with E-state index < -0.39 is 15.8 Å². The van der Waals surface area contributed by atoms with Crippen LogP contribution < -0.4 is 5.32 Å². The highest BCUT2D eigenvalue weighted by atomic mass is 32.2. The van der Waals surface area contributed by atoms with E-state index in [-0.39, 0.29) is 11.6 Å². The maximum absolute atomic E-state index is 13.5. The van der Waals surface area contributed by atoms with Crippen molar-refractivity contribution in [1.29, 1.82) is 5.26 Å². The summed E-state index contributed by atoms with van der Waals surface area (Å²) < 4.78 is 37.7. The van der Waals surface area contributed by atoms with E-state index in [1.165, 1.54) is 16.6 Å². The fourth-order valence-electron chi connectivity index (χ4n) is 2.31. The van der Waals surface area contributed by atoms with Gasteiger partial charge in [-0.15, -0.1) is 0 Å². The summed E-state index contributed by atoms with van der Waals surface area (Å²) in [6.45, 7) is 0.876. The third-order valence-electron chi connectivity index (χ3n) is 3.41. The van der Waals surface area contributed by atoms with Gasteiger partial charge < -0.3 is 5.32 Å². The molecule has 0 spiro atoms. The van der Waals surface area contributed by atoms with Crippen LogP contribution in [-0.2, 0) is 10.0 Å². The number of hydrogen-bond donors (Lipinski definition) is 1. The van der Waals surface area contributed by atoms with Crippen LogP contribution in [0.15, 0.2) is 18.2 Å². The van der Waals surface area contributed by atoms with Gasteiger partial charge in [0.1, 0.15) is 17.4 Å². The zero-order valence-corrected chi connectivity index (χ0v) is 12.0. The molecule has 2 rings (SSSR count). The van der Waals surface area contributed by atoms with Crippen LogP contribution in [0.3, 0.4) is 0 Å². The summed E-state index contributed by atoms with van der Waals surface area (Å²) in [5.74, 6) is -0.550. The topological polar surface area (TPSA) is 73.2 Å². The third-order valence-corrected chi connectivity index (χ3v) is 4.71. The minimum absolute atomic E-state index is 0.00181. The predicted molar refractivity (Wildman–Crippen MR) is 74.2 cm³/mol. The van der Waals surface area contributed by atoms with Gasteiger partial charge in [-0.2, -0.15) is 5.26 Å². The molecule has 1 aromatic rings. The molecule has 0 radical (unpaired) electrons. The molecule has 20 heavy (non-hydrogen) atoms. The first-order valence-corrected chi connectivity index (χ1v) is 8.17. The van der Waals surface area contributed by atoms with Gasteiger partial charge in [0.2, 0.25) is 10.0 Å². The Morgan fingerprint density at radius 1 is 1.40 bits per heavy atom. The van der Waals surface area contributed by atoms with E-state index in [9.17, 15) is 12.8 Å². The number of anilines is 1. The maximum Gasteiger partial charge on any atom is 0.211 e. The molecule has 0 saturated carbocycles. The van der Waals surface area contributed by atoms with E-state index in [1.807, 2.05) is 6.07 Å². The predicted octanol–water partition coefficient (Wildman–Crippen LogP) is 1.53. The van der Waals surface area contributed by atoms with Crippen molar-refractivity contribution in [3.63, 3.8) is 0 Å². The van der Waals surface area contributed by atoms with Crippen LogP contribution in [0.4, 0.5) is 10.1 Å².